The minimum absolute atomic E-state index is 0.114. The van der Waals surface area contributed by atoms with Gasteiger partial charge in [-0.3, -0.25) is 4.79 Å². The first-order chi connectivity index (χ1) is 7.91. The van der Waals surface area contributed by atoms with Crippen molar-refractivity contribution in [3.05, 3.63) is 35.6 Å². The molecule has 0 aliphatic heterocycles. The van der Waals surface area contributed by atoms with Gasteiger partial charge < -0.3 is 11.1 Å². The average molecular weight is 238 g/mol. The highest BCUT2D eigenvalue weighted by Gasteiger charge is 2.19. The monoisotopic (exact) mass is 238 g/mol. The Morgan fingerprint density at radius 1 is 1.35 bits per heavy atom. The summed E-state index contributed by atoms with van der Waals surface area (Å²) in [7, 11) is 0. The Balaban J connectivity index is 2.66. The van der Waals surface area contributed by atoms with Crippen molar-refractivity contribution in [3.8, 4) is 0 Å². The number of halogens is 1. The predicted molar refractivity (Wildman–Crippen MR) is 65.8 cm³/mol. The fraction of sp³-hybridized carbons (Fsp3) is 0.462. The summed E-state index contributed by atoms with van der Waals surface area (Å²) in [6, 6.07) is 5.78. The summed E-state index contributed by atoms with van der Waals surface area (Å²) in [6.07, 6.45) is 0. The highest BCUT2D eigenvalue weighted by molar-refractivity contribution is 5.79. The molecule has 3 nitrogen and oxygen atoms in total. The quantitative estimate of drug-likeness (QED) is 0.842. The minimum atomic E-state index is -0.302. The Kier molecular flexibility index (Phi) is 4.63. The fourth-order valence-electron chi connectivity index (χ4n) is 1.44. The van der Waals surface area contributed by atoms with Crippen molar-refractivity contribution >= 4 is 5.91 Å². The van der Waals surface area contributed by atoms with Crippen LogP contribution in [0.15, 0.2) is 24.3 Å². The Morgan fingerprint density at radius 2 is 2.00 bits per heavy atom. The molecule has 17 heavy (non-hydrogen) atoms. The zero-order valence-corrected chi connectivity index (χ0v) is 10.4. The first kappa shape index (κ1) is 13.6. The number of benzene rings is 1. The van der Waals surface area contributed by atoms with E-state index in [1.807, 2.05) is 6.92 Å². The van der Waals surface area contributed by atoms with Gasteiger partial charge in [-0.05, 0) is 31.5 Å². The van der Waals surface area contributed by atoms with Gasteiger partial charge in [0.1, 0.15) is 5.82 Å². The third-order valence-corrected chi connectivity index (χ3v) is 2.91. The number of hydrogen-bond acceptors (Lipinski definition) is 2. The highest BCUT2D eigenvalue weighted by Crippen LogP contribution is 2.14. The molecule has 0 spiro atoms. The Hall–Kier alpha value is -1.42. The topological polar surface area (TPSA) is 55.1 Å². The molecule has 0 bridgehead atoms. The van der Waals surface area contributed by atoms with Crippen molar-refractivity contribution in [1.29, 1.82) is 0 Å². The second-order valence-electron chi connectivity index (χ2n) is 4.43. The van der Waals surface area contributed by atoms with Gasteiger partial charge in [0, 0.05) is 12.0 Å². The zero-order chi connectivity index (χ0) is 13.0. The average Bonchev–Trinajstić information content (AvgIpc) is 2.27. The summed E-state index contributed by atoms with van der Waals surface area (Å²) >= 11 is 0. The van der Waals surface area contributed by atoms with Crippen LogP contribution in [0, 0.1) is 11.7 Å². The maximum Gasteiger partial charge on any atom is 0.224 e. The Labute approximate surface area is 101 Å². The van der Waals surface area contributed by atoms with Crippen LogP contribution in [-0.2, 0) is 4.79 Å². The van der Waals surface area contributed by atoms with Gasteiger partial charge in [-0.15, -0.1) is 0 Å². The van der Waals surface area contributed by atoms with E-state index in [9.17, 15) is 9.18 Å². The second kappa shape index (κ2) is 5.77. The molecule has 94 valence electrons. The van der Waals surface area contributed by atoms with Crippen LogP contribution in [0.3, 0.4) is 0 Å². The van der Waals surface area contributed by atoms with Crippen molar-refractivity contribution in [3.63, 3.8) is 0 Å². The van der Waals surface area contributed by atoms with Crippen LogP contribution in [-0.4, -0.2) is 11.9 Å². The van der Waals surface area contributed by atoms with Crippen molar-refractivity contribution in [2.75, 3.05) is 0 Å². The van der Waals surface area contributed by atoms with Crippen LogP contribution in [0.2, 0.25) is 0 Å². The first-order valence-corrected chi connectivity index (χ1v) is 5.73. The fourth-order valence-corrected chi connectivity index (χ4v) is 1.44. The lowest BCUT2D eigenvalue weighted by Crippen LogP contribution is -2.39. The van der Waals surface area contributed by atoms with Crippen LogP contribution in [0.4, 0.5) is 4.39 Å². The van der Waals surface area contributed by atoms with E-state index in [1.54, 1.807) is 26.0 Å². The van der Waals surface area contributed by atoms with Crippen molar-refractivity contribution in [2.45, 2.75) is 32.9 Å². The molecule has 3 N–H and O–H groups in total. The summed E-state index contributed by atoms with van der Waals surface area (Å²) < 4.78 is 13.0. The van der Waals surface area contributed by atoms with Crippen LogP contribution in [0.25, 0.3) is 0 Å². The molecule has 0 aromatic heterocycles. The molecule has 0 saturated heterocycles. The molecule has 0 fully saturated rings. The van der Waals surface area contributed by atoms with Crippen molar-refractivity contribution < 1.29 is 9.18 Å². The summed E-state index contributed by atoms with van der Waals surface area (Å²) in [6.45, 7) is 5.38. The van der Waals surface area contributed by atoms with Crippen LogP contribution >= 0.6 is 0 Å². The molecule has 0 radical (unpaired) electrons. The van der Waals surface area contributed by atoms with Gasteiger partial charge in [-0.2, -0.15) is 0 Å². The Bertz CT molecular complexity index is 393. The minimum Gasteiger partial charge on any atom is -0.349 e. The van der Waals surface area contributed by atoms with Gasteiger partial charge in [0.15, 0.2) is 0 Å². The smallest absolute Gasteiger partial charge is 0.224 e. The lowest BCUT2D eigenvalue weighted by molar-refractivity contribution is -0.125. The molecule has 1 aromatic carbocycles. The molecule has 1 rings (SSSR count). The normalized spacial score (nSPS) is 16.1. The van der Waals surface area contributed by atoms with Crippen molar-refractivity contribution in [1.82, 2.24) is 5.32 Å². The van der Waals surface area contributed by atoms with Gasteiger partial charge in [0.2, 0.25) is 5.91 Å². The maximum absolute atomic E-state index is 13.0. The summed E-state index contributed by atoms with van der Waals surface area (Å²) in [5.74, 6) is -0.674. The maximum atomic E-state index is 13.0. The lowest BCUT2D eigenvalue weighted by atomic mass is 10.0. The van der Waals surface area contributed by atoms with Gasteiger partial charge >= 0.3 is 0 Å². The zero-order valence-electron chi connectivity index (χ0n) is 10.4. The molecule has 4 heteroatoms. The Morgan fingerprint density at radius 3 is 2.53 bits per heavy atom. The van der Waals surface area contributed by atoms with Crippen molar-refractivity contribution in [2.24, 2.45) is 11.7 Å². The molecule has 2 unspecified atom stereocenters. The first-order valence-electron chi connectivity index (χ1n) is 5.73. The molecule has 0 heterocycles. The summed E-state index contributed by atoms with van der Waals surface area (Å²) in [5, 5.41) is 2.82. The van der Waals surface area contributed by atoms with E-state index in [0.717, 1.165) is 5.56 Å². The molecule has 0 aliphatic rings. The van der Waals surface area contributed by atoms with Gasteiger partial charge in [-0.25, -0.2) is 4.39 Å². The van der Waals surface area contributed by atoms with Crippen LogP contribution < -0.4 is 11.1 Å². The van der Waals surface area contributed by atoms with E-state index in [-0.39, 0.29) is 29.7 Å². The predicted octanol–water partition coefficient (Wildman–Crippen LogP) is 1.99. The van der Waals surface area contributed by atoms with Gasteiger partial charge in [0.05, 0.1) is 6.04 Å². The number of rotatable bonds is 4. The van der Waals surface area contributed by atoms with Crippen LogP contribution in [0.1, 0.15) is 32.4 Å². The van der Waals surface area contributed by atoms with E-state index >= 15 is 0 Å². The number of carbonyl (C=O) groups is 1. The molecular weight excluding hydrogens is 219 g/mol. The van der Waals surface area contributed by atoms with Gasteiger partial charge in [-0.1, -0.05) is 19.1 Å². The molecule has 0 aliphatic carbocycles. The number of nitrogens with two attached hydrogens (primary N) is 1. The molecule has 3 atom stereocenters. The van der Waals surface area contributed by atoms with E-state index < -0.39 is 0 Å². The SMILES string of the molecule is CC(N)C(C)C(=O)N[C@H](C)c1cccc(F)c1. The number of carbonyl (C=O) groups excluding carboxylic acids is 1. The van der Waals surface area contributed by atoms with E-state index in [1.165, 1.54) is 12.1 Å². The summed E-state index contributed by atoms with van der Waals surface area (Å²) in [4.78, 5) is 11.8. The second-order valence-corrected chi connectivity index (χ2v) is 4.43. The number of hydrogen-bond donors (Lipinski definition) is 2. The van der Waals surface area contributed by atoms with E-state index in [2.05, 4.69) is 5.32 Å². The number of nitrogens with one attached hydrogen (secondary N) is 1. The van der Waals surface area contributed by atoms with E-state index in [0.29, 0.717) is 0 Å². The van der Waals surface area contributed by atoms with Crippen LogP contribution in [0.5, 0.6) is 0 Å². The van der Waals surface area contributed by atoms with E-state index in [4.69, 9.17) is 5.73 Å². The highest BCUT2D eigenvalue weighted by atomic mass is 19.1. The molecule has 0 saturated carbocycles. The summed E-state index contributed by atoms with van der Waals surface area (Å²) in [5.41, 5.74) is 6.40. The van der Waals surface area contributed by atoms with Gasteiger partial charge in [0.25, 0.3) is 0 Å². The third-order valence-electron chi connectivity index (χ3n) is 2.91. The standard InChI is InChI=1S/C13H19FN2O/c1-8(9(2)15)13(17)16-10(3)11-5-4-6-12(14)7-11/h4-10H,15H2,1-3H3,(H,16,17)/t8?,9?,10-/m1/s1. The lowest BCUT2D eigenvalue weighted by Gasteiger charge is -2.20. The molecular formula is C13H19FN2O. The molecule has 1 aromatic rings. The molecule has 1 amide bonds. The largest absolute Gasteiger partial charge is 0.349 e. The third kappa shape index (κ3) is 3.82. The number of amides is 1.